The summed E-state index contributed by atoms with van der Waals surface area (Å²) in [6, 6.07) is 0. The van der Waals surface area contributed by atoms with Gasteiger partial charge in [-0.15, -0.1) is 0 Å². The van der Waals surface area contributed by atoms with E-state index in [1.54, 1.807) is 0 Å². The number of unbranched alkanes of at least 4 members (excludes halogenated alkanes) is 3. The van der Waals surface area contributed by atoms with Crippen LogP contribution in [-0.4, -0.2) is 49.3 Å². The number of hydrogen-bond acceptors (Lipinski definition) is 6. The average molecular weight is 343 g/mol. The molecule has 8 heteroatoms. The second-order valence-electron chi connectivity index (χ2n) is 5.47. The van der Waals surface area contributed by atoms with Gasteiger partial charge in [-0.1, -0.05) is 12.8 Å². The van der Waals surface area contributed by atoms with Crippen molar-refractivity contribution in [3.63, 3.8) is 0 Å². The molecule has 0 rings (SSSR count). The van der Waals surface area contributed by atoms with E-state index in [1.165, 1.54) is 7.05 Å². The van der Waals surface area contributed by atoms with Crippen molar-refractivity contribution in [2.24, 2.45) is 5.73 Å². The van der Waals surface area contributed by atoms with Gasteiger partial charge in [0.2, 0.25) is 5.91 Å². The Kier molecular flexibility index (Phi) is 13.4. The highest BCUT2D eigenvalue weighted by molar-refractivity contribution is 5.80. The summed E-state index contributed by atoms with van der Waals surface area (Å²) in [5.41, 5.74) is 5.40. The second-order valence-corrected chi connectivity index (χ2v) is 5.47. The molecule has 0 spiro atoms. The van der Waals surface area contributed by atoms with Crippen LogP contribution in [0.3, 0.4) is 0 Å². The van der Waals surface area contributed by atoms with Crippen LogP contribution in [0, 0.1) is 0 Å². The number of nitrogens with zero attached hydrogens (tertiary/aromatic N) is 1. The molecule has 0 aliphatic heterocycles. The Labute approximate surface area is 143 Å². The molecule has 3 N–H and O–H groups in total. The number of hydrogen-bond donors (Lipinski definition) is 2. The zero-order valence-electron chi connectivity index (χ0n) is 14.4. The predicted molar refractivity (Wildman–Crippen MR) is 88.5 cm³/mol. The molecule has 0 heterocycles. The lowest BCUT2D eigenvalue weighted by atomic mass is 10.2. The lowest BCUT2D eigenvalue weighted by Crippen LogP contribution is -2.30. The Bertz CT molecular complexity index is 401. The van der Waals surface area contributed by atoms with E-state index in [-0.39, 0.29) is 31.6 Å². The van der Waals surface area contributed by atoms with Crippen molar-refractivity contribution < 1.29 is 24.0 Å². The SMILES string of the molecule is CN(OC(=O)CCCC(=O)NCCCCCCN)C(=O)CCC=O. The first-order chi connectivity index (χ1) is 11.5. The number of aldehydes is 1. The van der Waals surface area contributed by atoms with Crippen molar-refractivity contribution in [2.75, 3.05) is 20.1 Å². The molecule has 0 saturated heterocycles. The summed E-state index contributed by atoms with van der Waals surface area (Å²) in [6.07, 6.45) is 5.39. The fraction of sp³-hybridized carbons (Fsp3) is 0.750. The molecule has 0 aromatic heterocycles. The first-order valence-electron chi connectivity index (χ1n) is 8.39. The summed E-state index contributed by atoms with van der Waals surface area (Å²) >= 11 is 0. The quantitative estimate of drug-likeness (QED) is 0.288. The molecule has 0 saturated carbocycles. The molecule has 0 aromatic carbocycles. The Hall–Kier alpha value is -1.96. The minimum Gasteiger partial charge on any atom is -0.356 e. The predicted octanol–water partition coefficient (Wildman–Crippen LogP) is 0.688. The van der Waals surface area contributed by atoms with Crippen molar-refractivity contribution in [3.8, 4) is 0 Å². The number of nitrogens with one attached hydrogen (secondary N) is 1. The Morgan fingerprint density at radius 2 is 1.75 bits per heavy atom. The normalized spacial score (nSPS) is 10.1. The van der Waals surface area contributed by atoms with Crippen LogP contribution in [0.2, 0.25) is 0 Å². The monoisotopic (exact) mass is 343 g/mol. The van der Waals surface area contributed by atoms with Gasteiger partial charge in [0.1, 0.15) is 6.29 Å². The maximum absolute atomic E-state index is 11.6. The number of rotatable bonds is 13. The molecular formula is C16H29N3O5. The van der Waals surface area contributed by atoms with E-state index in [1.807, 2.05) is 0 Å². The molecule has 0 aliphatic rings. The average Bonchev–Trinajstić information content (AvgIpc) is 2.55. The maximum Gasteiger partial charge on any atom is 0.332 e. The van der Waals surface area contributed by atoms with E-state index in [0.29, 0.717) is 25.8 Å². The zero-order valence-corrected chi connectivity index (χ0v) is 14.4. The zero-order chi connectivity index (χ0) is 18.2. The van der Waals surface area contributed by atoms with Gasteiger partial charge in [0.25, 0.3) is 5.91 Å². The lowest BCUT2D eigenvalue weighted by molar-refractivity contribution is -0.192. The minimum atomic E-state index is -0.577. The van der Waals surface area contributed by atoms with Gasteiger partial charge < -0.3 is 20.7 Å². The van der Waals surface area contributed by atoms with E-state index in [4.69, 9.17) is 10.6 Å². The highest BCUT2D eigenvalue weighted by Crippen LogP contribution is 2.02. The van der Waals surface area contributed by atoms with Crippen LogP contribution < -0.4 is 11.1 Å². The van der Waals surface area contributed by atoms with Gasteiger partial charge in [-0.25, -0.2) is 4.79 Å². The van der Waals surface area contributed by atoms with E-state index < -0.39 is 11.9 Å². The smallest absolute Gasteiger partial charge is 0.332 e. The molecule has 0 fully saturated rings. The first kappa shape index (κ1) is 22.0. The van der Waals surface area contributed by atoms with Gasteiger partial charge in [-0.3, -0.25) is 9.59 Å². The summed E-state index contributed by atoms with van der Waals surface area (Å²) < 4.78 is 0. The van der Waals surface area contributed by atoms with Crippen molar-refractivity contribution in [1.29, 1.82) is 0 Å². The largest absolute Gasteiger partial charge is 0.356 e. The van der Waals surface area contributed by atoms with Gasteiger partial charge >= 0.3 is 5.97 Å². The third kappa shape index (κ3) is 12.6. The highest BCUT2D eigenvalue weighted by atomic mass is 16.7. The molecule has 0 bridgehead atoms. The number of carbonyl (C=O) groups excluding carboxylic acids is 4. The lowest BCUT2D eigenvalue weighted by Gasteiger charge is -2.15. The number of nitrogens with two attached hydrogens (primary N) is 1. The van der Waals surface area contributed by atoms with Crippen LogP contribution in [0.15, 0.2) is 0 Å². The van der Waals surface area contributed by atoms with Gasteiger partial charge in [0, 0.05) is 39.3 Å². The summed E-state index contributed by atoms with van der Waals surface area (Å²) in [5.74, 6) is -1.12. The van der Waals surface area contributed by atoms with Crippen LogP contribution in [0.1, 0.15) is 57.8 Å². The van der Waals surface area contributed by atoms with Crippen molar-refractivity contribution in [3.05, 3.63) is 0 Å². The molecule has 0 aliphatic carbocycles. The standard InChI is InChI=1S/C16H29N3O5/c1-19(15(22)9-7-13-20)24-16(23)10-6-8-14(21)18-12-5-3-2-4-11-17/h13H,2-12,17H2,1H3,(H,18,21). The summed E-state index contributed by atoms with van der Waals surface area (Å²) in [4.78, 5) is 49.6. The summed E-state index contributed by atoms with van der Waals surface area (Å²) in [5, 5.41) is 3.62. The molecule has 0 radical (unpaired) electrons. The number of hydroxylamine groups is 2. The van der Waals surface area contributed by atoms with Gasteiger partial charge in [-0.05, 0) is 25.8 Å². The second kappa shape index (κ2) is 14.6. The highest BCUT2D eigenvalue weighted by Gasteiger charge is 2.14. The molecule has 0 atom stereocenters. The Balaban J connectivity index is 3.67. The fourth-order valence-corrected chi connectivity index (χ4v) is 1.92. The third-order valence-corrected chi connectivity index (χ3v) is 3.30. The molecule has 24 heavy (non-hydrogen) atoms. The maximum atomic E-state index is 11.6. The van der Waals surface area contributed by atoms with Crippen molar-refractivity contribution >= 4 is 24.1 Å². The Morgan fingerprint density at radius 1 is 1.04 bits per heavy atom. The first-order valence-corrected chi connectivity index (χ1v) is 8.39. The van der Waals surface area contributed by atoms with E-state index in [0.717, 1.165) is 30.7 Å². The molecule has 8 nitrogen and oxygen atoms in total. The number of carbonyl (C=O) groups is 4. The van der Waals surface area contributed by atoms with Gasteiger partial charge in [-0.2, -0.15) is 5.06 Å². The Morgan fingerprint density at radius 3 is 2.42 bits per heavy atom. The van der Waals surface area contributed by atoms with Crippen LogP contribution in [0.5, 0.6) is 0 Å². The molecule has 0 aromatic rings. The fourth-order valence-electron chi connectivity index (χ4n) is 1.92. The summed E-state index contributed by atoms with van der Waals surface area (Å²) in [7, 11) is 1.32. The number of amides is 2. The van der Waals surface area contributed by atoms with Crippen LogP contribution in [0.25, 0.3) is 0 Å². The van der Waals surface area contributed by atoms with Gasteiger partial charge in [0.15, 0.2) is 0 Å². The summed E-state index contributed by atoms with van der Waals surface area (Å²) in [6.45, 7) is 1.32. The molecular weight excluding hydrogens is 314 g/mol. The van der Waals surface area contributed by atoms with E-state index >= 15 is 0 Å². The van der Waals surface area contributed by atoms with Crippen molar-refractivity contribution in [2.45, 2.75) is 57.8 Å². The van der Waals surface area contributed by atoms with E-state index in [9.17, 15) is 19.2 Å². The topological polar surface area (TPSA) is 119 Å². The van der Waals surface area contributed by atoms with E-state index in [2.05, 4.69) is 5.32 Å². The third-order valence-electron chi connectivity index (χ3n) is 3.30. The molecule has 138 valence electrons. The van der Waals surface area contributed by atoms with Crippen LogP contribution in [-0.2, 0) is 24.0 Å². The molecule has 0 unspecified atom stereocenters. The van der Waals surface area contributed by atoms with Crippen molar-refractivity contribution in [1.82, 2.24) is 10.4 Å². The minimum absolute atomic E-state index is 0.000959. The molecule has 2 amide bonds. The van der Waals surface area contributed by atoms with Gasteiger partial charge in [0.05, 0.1) is 0 Å². The van der Waals surface area contributed by atoms with Crippen LogP contribution >= 0.6 is 0 Å². The van der Waals surface area contributed by atoms with Crippen LogP contribution in [0.4, 0.5) is 0 Å².